The summed E-state index contributed by atoms with van der Waals surface area (Å²) in [4.78, 5) is 13.8. The van der Waals surface area contributed by atoms with Crippen LogP contribution < -0.4 is 15.2 Å². The van der Waals surface area contributed by atoms with Crippen LogP contribution in [0.5, 0.6) is 5.75 Å². The normalized spacial score (nSPS) is 10.0. The Morgan fingerprint density at radius 1 is 1.38 bits per heavy atom. The van der Waals surface area contributed by atoms with Gasteiger partial charge in [-0.2, -0.15) is 10.4 Å². The van der Waals surface area contributed by atoms with Crippen molar-refractivity contribution in [2.75, 3.05) is 26.1 Å². The number of hydrogen-bond acceptors (Lipinski definition) is 5. The molecule has 1 aromatic carbocycles. The Kier molecular flexibility index (Phi) is 4.24. The third-order valence-corrected chi connectivity index (χ3v) is 3.09. The number of aromatic nitrogens is 2. The zero-order chi connectivity index (χ0) is 15.4. The van der Waals surface area contributed by atoms with Crippen LogP contribution in [0.4, 0.5) is 5.69 Å². The molecule has 0 unspecified atom stereocenters. The summed E-state index contributed by atoms with van der Waals surface area (Å²) in [5, 5.41) is 13.2. The summed E-state index contributed by atoms with van der Waals surface area (Å²) in [6, 6.07) is 8.83. The molecule has 0 fully saturated rings. The number of rotatable bonds is 4. The third-order valence-electron chi connectivity index (χ3n) is 3.09. The number of ether oxygens (including phenoxy) is 1. The molecular weight excluding hydrogens is 268 g/mol. The molecule has 0 radical (unpaired) electrons. The van der Waals surface area contributed by atoms with Crippen molar-refractivity contribution in [3.05, 3.63) is 51.9 Å². The predicted molar refractivity (Wildman–Crippen MR) is 79.6 cm³/mol. The summed E-state index contributed by atoms with van der Waals surface area (Å²) in [5.41, 5.74) is 1.83. The van der Waals surface area contributed by atoms with E-state index in [0.717, 1.165) is 11.3 Å². The molecule has 0 bridgehead atoms. The van der Waals surface area contributed by atoms with Gasteiger partial charge in [0.2, 0.25) is 0 Å². The lowest BCUT2D eigenvalue weighted by molar-refractivity contribution is 0.413. The van der Waals surface area contributed by atoms with E-state index in [0.29, 0.717) is 17.9 Å². The van der Waals surface area contributed by atoms with Crippen molar-refractivity contribution in [1.82, 2.24) is 9.78 Å². The van der Waals surface area contributed by atoms with Crippen molar-refractivity contribution < 1.29 is 4.74 Å². The first-order valence-corrected chi connectivity index (χ1v) is 6.36. The maximum Gasteiger partial charge on any atom is 0.269 e. The van der Waals surface area contributed by atoms with Gasteiger partial charge in [-0.25, -0.2) is 4.68 Å². The fourth-order valence-electron chi connectivity index (χ4n) is 1.90. The topological polar surface area (TPSA) is 71.2 Å². The number of nitrogens with zero attached hydrogens (tertiary/aromatic N) is 4. The quantitative estimate of drug-likeness (QED) is 0.844. The Bertz CT molecular complexity index is 744. The van der Waals surface area contributed by atoms with Crippen molar-refractivity contribution in [2.24, 2.45) is 0 Å². The Morgan fingerprint density at radius 3 is 2.71 bits per heavy atom. The van der Waals surface area contributed by atoms with Crippen molar-refractivity contribution in [3.8, 4) is 11.8 Å². The fraction of sp³-hybridized carbons (Fsp3) is 0.267. The van der Waals surface area contributed by atoms with Gasteiger partial charge in [-0.1, -0.05) is 6.07 Å². The Balaban J connectivity index is 2.31. The van der Waals surface area contributed by atoms with Crippen LogP contribution in [0.2, 0.25) is 0 Å². The lowest BCUT2D eigenvalue weighted by Crippen LogP contribution is -2.24. The van der Waals surface area contributed by atoms with E-state index in [1.165, 1.54) is 17.9 Å². The van der Waals surface area contributed by atoms with Crippen LogP contribution in [-0.2, 0) is 6.54 Å². The second-order valence-corrected chi connectivity index (χ2v) is 4.75. The Morgan fingerprint density at radius 2 is 2.14 bits per heavy atom. The minimum atomic E-state index is -0.185. The maximum absolute atomic E-state index is 12.0. The first-order chi connectivity index (χ1) is 10.0. The molecule has 0 spiro atoms. The van der Waals surface area contributed by atoms with Gasteiger partial charge in [0, 0.05) is 20.2 Å². The predicted octanol–water partition coefficient (Wildman–Crippen LogP) is 1.24. The van der Waals surface area contributed by atoms with E-state index >= 15 is 0 Å². The van der Waals surface area contributed by atoms with Crippen LogP contribution in [0.15, 0.2) is 35.3 Å². The van der Waals surface area contributed by atoms with E-state index < -0.39 is 0 Å². The van der Waals surface area contributed by atoms with Crippen molar-refractivity contribution >= 4 is 5.69 Å². The van der Waals surface area contributed by atoms with E-state index in [4.69, 9.17) is 10.00 Å². The molecule has 0 aliphatic rings. The molecule has 2 rings (SSSR count). The van der Waals surface area contributed by atoms with Gasteiger partial charge in [-0.3, -0.25) is 4.79 Å². The largest absolute Gasteiger partial charge is 0.495 e. The average Bonchev–Trinajstić information content (AvgIpc) is 2.48. The number of nitriles is 1. The molecule has 0 N–H and O–H groups in total. The lowest BCUT2D eigenvalue weighted by atomic mass is 10.1. The first kappa shape index (κ1) is 14.6. The third kappa shape index (κ3) is 3.20. The molecule has 0 saturated heterocycles. The maximum atomic E-state index is 12.0. The molecule has 21 heavy (non-hydrogen) atoms. The summed E-state index contributed by atoms with van der Waals surface area (Å²) in [5.74, 6) is 0.518. The van der Waals surface area contributed by atoms with Crippen LogP contribution in [-0.4, -0.2) is 31.0 Å². The number of hydrogen-bond donors (Lipinski definition) is 0. The van der Waals surface area contributed by atoms with Gasteiger partial charge >= 0.3 is 0 Å². The van der Waals surface area contributed by atoms with Crippen LogP contribution >= 0.6 is 0 Å². The fourth-order valence-corrected chi connectivity index (χ4v) is 1.90. The van der Waals surface area contributed by atoms with Gasteiger partial charge in [0.05, 0.1) is 31.1 Å². The Labute approximate surface area is 122 Å². The van der Waals surface area contributed by atoms with Gasteiger partial charge in [-0.15, -0.1) is 0 Å². The van der Waals surface area contributed by atoms with Gasteiger partial charge < -0.3 is 9.64 Å². The zero-order valence-electron chi connectivity index (χ0n) is 12.2. The Hall–Kier alpha value is -2.81. The minimum absolute atomic E-state index is 0.185. The number of anilines is 1. The smallest absolute Gasteiger partial charge is 0.269 e. The minimum Gasteiger partial charge on any atom is -0.495 e. The standard InChI is InChI=1S/C15H16N4O2/c1-18(2)13-7-15(20)19(17-9-13)10-11-4-5-14(21-3)12(6-11)8-16/h4-7,9H,10H2,1-3H3. The van der Waals surface area contributed by atoms with Crippen LogP contribution in [0.3, 0.4) is 0 Å². The van der Waals surface area contributed by atoms with Gasteiger partial charge in [0.15, 0.2) is 0 Å². The molecule has 6 heteroatoms. The molecule has 0 atom stereocenters. The summed E-state index contributed by atoms with van der Waals surface area (Å²) >= 11 is 0. The lowest BCUT2D eigenvalue weighted by Gasteiger charge is -2.12. The molecule has 0 saturated carbocycles. The molecule has 2 aromatic rings. The van der Waals surface area contributed by atoms with Crippen LogP contribution in [0, 0.1) is 11.3 Å². The summed E-state index contributed by atoms with van der Waals surface area (Å²) < 4.78 is 6.45. The number of benzene rings is 1. The molecule has 1 heterocycles. The van der Waals surface area contributed by atoms with E-state index in [1.54, 1.807) is 18.3 Å². The second-order valence-electron chi connectivity index (χ2n) is 4.75. The second kappa shape index (κ2) is 6.09. The van der Waals surface area contributed by atoms with Crippen molar-refractivity contribution in [1.29, 1.82) is 5.26 Å². The highest BCUT2D eigenvalue weighted by molar-refractivity contribution is 5.45. The van der Waals surface area contributed by atoms with E-state index in [2.05, 4.69) is 11.2 Å². The summed E-state index contributed by atoms with van der Waals surface area (Å²) in [6.07, 6.45) is 1.64. The van der Waals surface area contributed by atoms with E-state index in [9.17, 15) is 4.79 Å². The highest BCUT2D eigenvalue weighted by Crippen LogP contribution is 2.19. The highest BCUT2D eigenvalue weighted by atomic mass is 16.5. The first-order valence-electron chi connectivity index (χ1n) is 6.36. The van der Waals surface area contributed by atoms with Gasteiger partial charge in [-0.05, 0) is 17.7 Å². The van der Waals surface area contributed by atoms with Crippen LogP contribution in [0.1, 0.15) is 11.1 Å². The summed E-state index contributed by atoms with van der Waals surface area (Å²) in [7, 11) is 5.22. The molecule has 0 aliphatic heterocycles. The van der Waals surface area contributed by atoms with E-state index in [1.807, 2.05) is 25.1 Å². The van der Waals surface area contributed by atoms with Crippen molar-refractivity contribution in [3.63, 3.8) is 0 Å². The van der Waals surface area contributed by atoms with Gasteiger partial charge in [0.1, 0.15) is 11.8 Å². The molecule has 0 amide bonds. The van der Waals surface area contributed by atoms with Crippen molar-refractivity contribution in [2.45, 2.75) is 6.54 Å². The SMILES string of the molecule is COc1ccc(Cn2ncc(N(C)C)cc2=O)cc1C#N. The molecule has 6 nitrogen and oxygen atoms in total. The number of methoxy groups -OCH3 is 1. The average molecular weight is 284 g/mol. The van der Waals surface area contributed by atoms with E-state index in [-0.39, 0.29) is 5.56 Å². The highest BCUT2D eigenvalue weighted by Gasteiger charge is 2.06. The molecule has 0 aliphatic carbocycles. The summed E-state index contributed by atoms with van der Waals surface area (Å²) in [6.45, 7) is 0.311. The zero-order valence-corrected chi connectivity index (χ0v) is 12.2. The van der Waals surface area contributed by atoms with Crippen LogP contribution in [0.25, 0.3) is 0 Å². The molecule has 108 valence electrons. The monoisotopic (exact) mass is 284 g/mol. The molecule has 1 aromatic heterocycles. The molecular formula is C15H16N4O2. The van der Waals surface area contributed by atoms with Gasteiger partial charge in [0.25, 0.3) is 5.56 Å².